The number of nitrogens with two attached hydrogens (primary N) is 1. The maximum atomic E-state index is 12.2. The predicted molar refractivity (Wildman–Crippen MR) is 99.0 cm³/mol. The molecule has 8 nitrogen and oxygen atoms in total. The van der Waals surface area contributed by atoms with Gasteiger partial charge < -0.3 is 14.8 Å². The first kappa shape index (κ1) is 27.2. The average Bonchev–Trinajstić information content (AvgIpc) is 2.85. The Morgan fingerprint density at radius 3 is 2.62 bits per heavy atom. The first-order chi connectivity index (χ1) is 12.0. The number of allylic oxidation sites excluding steroid dienone is 2. The Kier molecular flexibility index (Phi) is 16.8. The van der Waals surface area contributed by atoms with Crippen molar-refractivity contribution in [2.45, 2.75) is 32.7 Å². The smallest absolute Gasteiger partial charge is 0.699 e. The zero-order valence-electron chi connectivity index (χ0n) is 15.5. The van der Waals surface area contributed by atoms with Crippen LogP contribution in [0.25, 0.3) is 5.32 Å². The predicted octanol–water partition coefficient (Wildman–Crippen LogP) is 0.747. The van der Waals surface area contributed by atoms with Crippen LogP contribution in [0.4, 0.5) is 0 Å². The van der Waals surface area contributed by atoms with Gasteiger partial charge in [0.05, 0.1) is 7.11 Å². The SMILES string of the molecule is CC.CNN.COC1=C(C(=O)[N-]C2CCC(=O)NC2=O)[C-]=CCPC1.[W+2]. The quantitative estimate of drug-likeness (QED) is 0.156. The van der Waals surface area contributed by atoms with Crippen molar-refractivity contribution >= 4 is 26.3 Å². The summed E-state index contributed by atoms with van der Waals surface area (Å²) in [6.07, 6.45) is 6.66. The van der Waals surface area contributed by atoms with Gasteiger partial charge in [0.2, 0.25) is 11.8 Å². The molecule has 0 aromatic rings. The Labute approximate surface area is 171 Å². The zero-order chi connectivity index (χ0) is 19.2. The largest absolute Gasteiger partial charge is 2.00 e. The van der Waals surface area contributed by atoms with Crippen molar-refractivity contribution in [3.63, 3.8) is 0 Å². The summed E-state index contributed by atoms with van der Waals surface area (Å²) in [5.74, 6) is 3.79. The van der Waals surface area contributed by atoms with Crippen LogP contribution >= 0.6 is 8.58 Å². The summed E-state index contributed by atoms with van der Waals surface area (Å²) in [6, 6.07) is -0.807. The Bertz CT molecular complexity index is 526. The van der Waals surface area contributed by atoms with E-state index in [-0.39, 0.29) is 45.4 Å². The Morgan fingerprint density at radius 2 is 2.08 bits per heavy atom. The second-order valence-corrected chi connectivity index (χ2v) is 5.93. The van der Waals surface area contributed by atoms with Crippen molar-refractivity contribution in [2.24, 2.45) is 5.84 Å². The molecule has 2 heterocycles. The molecule has 4 N–H and O–H groups in total. The molecule has 2 atom stereocenters. The van der Waals surface area contributed by atoms with E-state index in [0.717, 1.165) is 6.16 Å². The summed E-state index contributed by atoms with van der Waals surface area (Å²) in [4.78, 5) is 34.8. The summed E-state index contributed by atoms with van der Waals surface area (Å²) in [6.45, 7) is 4.00. The average molecular weight is 554 g/mol. The third-order valence-electron chi connectivity index (χ3n) is 3.00. The number of carbonyl (C=O) groups is 3. The molecule has 0 saturated carbocycles. The topological polar surface area (TPSA) is 125 Å². The van der Waals surface area contributed by atoms with Crippen LogP contribution in [0.2, 0.25) is 0 Å². The molecule has 2 unspecified atom stereocenters. The molecule has 26 heavy (non-hydrogen) atoms. The van der Waals surface area contributed by atoms with Crippen LogP contribution in [0.1, 0.15) is 26.7 Å². The van der Waals surface area contributed by atoms with Gasteiger partial charge in [-0.2, -0.15) is 6.08 Å². The number of nitrogens with zero attached hydrogens (tertiary/aromatic N) is 1. The normalized spacial score (nSPS) is 19.7. The minimum atomic E-state index is -0.807. The maximum Gasteiger partial charge on any atom is 2.00 e. The number of piperidine rings is 1. The molecule has 2 rings (SSSR count). The molecule has 2 aliphatic rings. The van der Waals surface area contributed by atoms with Crippen molar-refractivity contribution in [3.05, 3.63) is 28.8 Å². The molecule has 0 spiro atoms. The molecular formula is C16H27N4O4PW. The standard InChI is InChI=1S/C13H16N2O4P.C2H6.CH6N2.W/c1-19-10-7-20-6-2-3-8(10)12(17)14-9-4-5-11(16)15-13(9)18;1-2;1-3-2;/h2,9,20H,4-7H2,1H3,(H2,14,15,16,17,18);1-2H3;3H,2H2,1H3;/q-1;;;+2/p-1. The fraction of sp³-hybridized carbons (Fsp3) is 0.562. The summed E-state index contributed by atoms with van der Waals surface area (Å²) < 4.78 is 5.21. The minimum absolute atomic E-state index is 0. The molecule has 146 valence electrons. The van der Waals surface area contributed by atoms with Crippen molar-refractivity contribution in [2.75, 3.05) is 26.5 Å². The van der Waals surface area contributed by atoms with Gasteiger partial charge in [-0.15, -0.1) is 20.2 Å². The monoisotopic (exact) mass is 554 g/mol. The van der Waals surface area contributed by atoms with Crippen LogP contribution < -0.4 is 16.6 Å². The van der Waals surface area contributed by atoms with Crippen molar-refractivity contribution in [1.82, 2.24) is 10.7 Å². The van der Waals surface area contributed by atoms with Crippen LogP contribution in [-0.4, -0.2) is 50.2 Å². The number of imide groups is 1. The number of ether oxygens (including phenoxy) is 1. The molecule has 3 amide bonds. The van der Waals surface area contributed by atoms with Crippen molar-refractivity contribution < 1.29 is 40.2 Å². The van der Waals surface area contributed by atoms with E-state index in [1.807, 2.05) is 13.8 Å². The number of rotatable bonds is 3. The molecule has 10 heteroatoms. The molecule has 0 radical (unpaired) electrons. The second-order valence-electron chi connectivity index (χ2n) is 4.67. The third-order valence-corrected chi connectivity index (χ3v) is 4.06. The van der Waals surface area contributed by atoms with Gasteiger partial charge in [0.1, 0.15) is 0 Å². The van der Waals surface area contributed by atoms with E-state index in [0.29, 0.717) is 20.5 Å². The molecule has 0 aliphatic carbocycles. The van der Waals surface area contributed by atoms with Crippen LogP contribution in [-0.2, 0) is 40.2 Å². The minimum Gasteiger partial charge on any atom is -0.699 e. The van der Waals surface area contributed by atoms with E-state index in [1.54, 1.807) is 13.1 Å². The van der Waals surface area contributed by atoms with Gasteiger partial charge in [-0.05, 0) is 43.5 Å². The number of amides is 3. The van der Waals surface area contributed by atoms with Gasteiger partial charge in [-0.3, -0.25) is 26.2 Å². The summed E-state index contributed by atoms with van der Waals surface area (Å²) in [5.41, 5.74) is 2.53. The fourth-order valence-corrected chi connectivity index (χ4v) is 2.89. The molecule has 0 bridgehead atoms. The molecule has 1 saturated heterocycles. The Hall–Kier alpha value is -1.07. The first-order valence-electron chi connectivity index (χ1n) is 8.05. The zero-order valence-corrected chi connectivity index (χ0v) is 19.5. The fourth-order valence-electron chi connectivity index (χ4n) is 1.95. The Morgan fingerprint density at radius 1 is 1.46 bits per heavy atom. The van der Waals surface area contributed by atoms with E-state index < -0.39 is 17.9 Å². The van der Waals surface area contributed by atoms with E-state index >= 15 is 0 Å². The maximum absolute atomic E-state index is 12.2. The molecule has 0 aromatic carbocycles. The molecule has 0 aromatic heterocycles. The van der Waals surface area contributed by atoms with Crippen LogP contribution in [0.3, 0.4) is 0 Å². The Balaban J connectivity index is 0. The summed E-state index contributed by atoms with van der Waals surface area (Å²) in [7, 11) is 3.80. The van der Waals surface area contributed by atoms with E-state index in [1.165, 1.54) is 7.11 Å². The van der Waals surface area contributed by atoms with E-state index in [9.17, 15) is 14.4 Å². The van der Waals surface area contributed by atoms with E-state index in [4.69, 9.17) is 4.74 Å². The third kappa shape index (κ3) is 9.58. The molecular weight excluding hydrogens is 527 g/mol. The second kappa shape index (κ2) is 16.1. The van der Waals surface area contributed by atoms with Gasteiger partial charge >= 0.3 is 21.1 Å². The van der Waals surface area contributed by atoms with Gasteiger partial charge in [-0.25, -0.2) is 0 Å². The first-order valence-corrected chi connectivity index (χ1v) is 9.47. The summed E-state index contributed by atoms with van der Waals surface area (Å²) >= 11 is 0. The molecule has 2 aliphatic heterocycles. The number of hydrogen-bond acceptors (Lipinski definition) is 6. The molecule has 1 fully saturated rings. The van der Waals surface area contributed by atoms with Gasteiger partial charge in [0, 0.05) is 6.42 Å². The van der Waals surface area contributed by atoms with Crippen LogP contribution in [0.5, 0.6) is 0 Å². The number of nitrogens with one attached hydrogen (secondary N) is 2. The van der Waals surface area contributed by atoms with Gasteiger partial charge in [-0.1, -0.05) is 13.8 Å². The van der Waals surface area contributed by atoms with Gasteiger partial charge in [0.15, 0.2) is 0 Å². The van der Waals surface area contributed by atoms with Crippen molar-refractivity contribution in [3.8, 4) is 0 Å². The van der Waals surface area contributed by atoms with Crippen molar-refractivity contribution in [1.29, 1.82) is 0 Å². The number of methoxy groups -OCH3 is 1. The van der Waals surface area contributed by atoms with Gasteiger partial charge in [0.25, 0.3) is 0 Å². The number of carbonyl (C=O) groups excluding carboxylic acids is 3. The number of hydrazine groups is 1. The van der Waals surface area contributed by atoms with E-state index in [2.05, 4.69) is 28.0 Å². The summed E-state index contributed by atoms with van der Waals surface area (Å²) in [5, 5.41) is 6.07. The number of hydrogen-bond donors (Lipinski definition) is 3. The van der Waals surface area contributed by atoms with Crippen LogP contribution in [0.15, 0.2) is 17.4 Å². The van der Waals surface area contributed by atoms with Crippen LogP contribution in [0, 0.1) is 6.08 Å².